The molecule has 1 aromatic heterocycles. The summed E-state index contributed by atoms with van der Waals surface area (Å²) in [7, 11) is 0. The second kappa shape index (κ2) is 8.84. The van der Waals surface area contributed by atoms with E-state index in [1.807, 2.05) is 6.07 Å². The van der Waals surface area contributed by atoms with Crippen LogP contribution in [0.15, 0.2) is 54.6 Å². The topological polar surface area (TPSA) is 87.0 Å². The average molecular weight is 364 g/mol. The molecule has 1 heterocycles. The number of ether oxygens (including phenoxy) is 1. The van der Waals surface area contributed by atoms with E-state index in [0.717, 1.165) is 12.8 Å². The van der Waals surface area contributed by atoms with Gasteiger partial charge in [-0.2, -0.15) is 0 Å². The third-order valence-corrected chi connectivity index (χ3v) is 4.09. The number of aromatic nitrogens is 4. The Kier molecular flexibility index (Phi) is 6.04. The van der Waals surface area contributed by atoms with Crippen molar-refractivity contribution in [3.8, 4) is 0 Å². The standard InChI is InChI=1S/C20H20N4O3/c1-2-3-13-24-18(21-22-23-24)14-27-20(26)17-12-8-7-11-16(17)19(25)15-9-5-4-6-10-15/h4-12H,2-3,13-14H2,1H3. The lowest BCUT2D eigenvalue weighted by Gasteiger charge is -2.09. The fourth-order valence-corrected chi connectivity index (χ4v) is 2.62. The predicted molar refractivity (Wildman–Crippen MR) is 98.2 cm³/mol. The van der Waals surface area contributed by atoms with Gasteiger partial charge in [-0.15, -0.1) is 5.10 Å². The van der Waals surface area contributed by atoms with Gasteiger partial charge in [0.2, 0.25) is 0 Å². The van der Waals surface area contributed by atoms with E-state index in [0.29, 0.717) is 23.5 Å². The molecule has 27 heavy (non-hydrogen) atoms. The van der Waals surface area contributed by atoms with Crippen molar-refractivity contribution in [2.24, 2.45) is 0 Å². The number of rotatable bonds is 8. The van der Waals surface area contributed by atoms with Gasteiger partial charge in [-0.1, -0.05) is 61.9 Å². The summed E-state index contributed by atoms with van der Waals surface area (Å²) in [6.07, 6.45) is 1.94. The summed E-state index contributed by atoms with van der Waals surface area (Å²) in [6, 6.07) is 15.4. The van der Waals surface area contributed by atoms with Crippen LogP contribution >= 0.6 is 0 Å². The fraction of sp³-hybridized carbons (Fsp3) is 0.250. The molecule has 0 atom stereocenters. The summed E-state index contributed by atoms with van der Waals surface area (Å²) in [5, 5.41) is 11.4. The molecule has 3 aromatic rings. The van der Waals surface area contributed by atoms with Crippen LogP contribution in [0.5, 0.6) is 0 Å². The maximum atomic E-state index is 12.7. The van der Waals surface area contributed by atoms with Crippen LogP contribution < -0.4 is 0 Å². The van der Waals surface area contributed by atoms with Gasteiger partial charge in [-0.3, -0.25) is 4.79 Å². The van der Waals surface area contributed by atoms with Crippen molar-refractivity contribution in [3.63, 3.8) is 0 Å². The van der Waals surface area contributed by atoms with Crippen LogP contribution in [0.4, 0.5) is 0 Å². The molecule has 0 amide bonds. The Balaban J connectivity index is 1.74. The first kappa shape index (κ1) is 18.4. The highest BCUT2D eigenvalue weighted by atomic mass is 16.5. The Morgan fingerprint density at radius 3 is 2.44 bits per heavy atom. The number of esters is 1. The molecular formula is C20H20N4O3. The van der Waals surface area contributed by atoms with E-state index >= 15 is 0 Å². The van der Waals surface area contributed by atoms with Crippen molar-refractivity contribution in [3.05, 3.63) is 77.1 Å². The van der Waals surface area contributed by atoms with Crippen LogP contribution in [0.25, 0.3) is 0 Å². The maximum absolute atomic E-state index is 12.7. The van der Waals surface area contributed by atoms with Crippen LogP contribution in [0.2, 0.25) is 0 Å². The van der Waals surface area contributed by atoms with Crippen LogP contribution in [0.3, 0.4) is 0 Å². The summed E-state index contributed by atoms with van der Waals surface area (Å²) < 4.78 is 6.99. The van der Waals surface area contributed by atoms with Gasteiger partial charge >= 0.3 is 5.97 Å². The van der Waals surface area contributed by atoms with Crippen LogP contribution in [-0.4, -0.2) is 32.0 Å². The summed E-state index contributed by atoms with van der Waals surface area (Å²) in [5.41, 5.74) is 1.04. The molecule has 3 rings (SSSR count). The quantitative estimate of drug-likeness (QED) is 0.451. The van der Waals surface area contributed by atoms with E-state index in [-0.39, 0.29) is 18.0 Å². The lowest BCUT2D eigenvalue weighted by atomic mass is 9.98. The van der Waals surface area contributed by atoms with E-state index in [4.69, 9.17) is 4.74 Å². The number of unbranched alkanes of at least 4 members (excludes halogenated alkanes) is 1. The smallest absolute Gasteiger partial charge is 0.339 e. The summed E-state index contributed by atoms with van der Waals surface area (Å²) in [6.45, 7) is 2.69. The molecule has 138 valence electrons. The van der Waals surface area contributed by atoms with Crippen molar-refractivity contribution in [1.29, 1.82) is 0 Å². The number of benzene rings is 2. The molecule has 0 radical (unpaired) electrons. The van der Waals surface area contributed by atoms with Crippen molar-refractivity contribution in [2.45, 2.75) is 32.9 Å². The fourth-order valence-electron chi connectivity index (χ4n) is 2.62. The van der Waals surface area contributed by atoms with Gasteiger partial charge in [0.1, 0.15) is 0 Å². The number of tetrazole rings is 1. The highest BCUT2D eigenvalue weighted by Crippen LogP contribution is 2.16. The largest absolute Gasteiger partial charge is 0.454 e. The van der Waals surface area contributed by atoms with Gasteiger partial charge in [-0.05, 0) is 22.9 Å². The lowest BCUT2D eigenvalue weighted by molar-refractivity contribution is 0.0454. The van der Waals surface area contributed by atoms with Crippen LogP contribution in [0.1, 0.15) is 51.9 Å². The molecule has 0 aliphatic heterocycles. The molecule has 0 N–H and O–H groups in total. The van der Waals surface area contributed by atoms with E-state index < -0.39 is 5.97 Å². The highest BCUT2D eigenvalue weighted by molar-refractivity contribution is 6.14. The zero-order valence-corrected chi connectivity index (χ0v) is 15.0. The summed E-state index contributed by atoms with van der Waals surface area (Å²) >= 11 is 0. The Bertz CT molecular complexity index is 922. The van der Waals surface area contributed by atoms with Gasteiger partial charge in [0.25, 0.3) is 0 Å². The monoisotopic (exact) mass is 364 g/mol. The molecule has 0 unspecified atom stereocenters. The average Bonchev–Trinajstić information content (AvgIpc) is 3.18. The number of carbonyl (C=O) groups excluding carboxylic acids is 2. The van der Waals surface area contributed by atoms with Gasteiger partial charge in [-0.25, -0.2) is 9.48 Å². The first-order valence-corrected chi connectivity index (χ1v) is 8.81. The Morgan fingerprint density at radius 1 is 1.00 bits per heavy atom. The molecule has 0 saturated heterocycles. The first-order chi connectivity index (χ1) is 13.2. The van der Waals surface area contributed by atoms with Crippen molar-refractivity contribution in [2.75, 3.05) is 0 Å². The zero-order chi connectivity index (χ0) is 19.1. The van der Waals surface area contributed by atoms with Crippen LogP contribution in [0, 0.1) is 0 Å². The minimum Gasteiger partial charge on any atom is -0.454 e. The number of nitrogens with zero attached hydrogens (tertiary/aromatic N) is 4. The SMILES string of the molecule is CCCCn1nnnc1COC(=O)c1ccccc1C(=O)c1ccccc1. The highest BCUT2D eigenvalue weighted by Gasteiger charge is 2.19. The number of hydrogen-bond acceptors (Lipinski definition) is 6. The maximum Gasteiger partial charge on any atom is 0.339 e. The minimum atomic E-state index is -0.583. The third-order valence-electron chi connectivity index (χ3n) is 4.09. The summed E-state index contributed by atoms with van der Waals surface area (Å²) in [4.78, 5) is 25.3. The first-order valence-electron chi connectivity index (χ1n) is 8.81. The van der Waals surface area contributed by atoms with Gasteiger partial charge in [0, 0.05) is 17.7 Å². The normalized spacial score (nSPS) is 10.6. The number of carbonyl (C=O) groups is 2. The van der Waals surface area contributed by atoms with Crippen LogP contribution in [-0.2, 0) is 17.9 Å². The molecule has 0 bridgehead atoms. The van der Waals surface area contributed by atoms with Gasteiger partial charge in [0.05, 0.1) is 5.56 Å². The lowest BCUT2D eigenvalue weighted by Crippen LogP contribution is -2.14. The Hall–Kier alpha value is -3.35. The number of hydrogen-bond donors (Lipinski definition) is 0. The molecule has 0 aliphatic rings. The molecule has 0 aliphatic carbocycles. The molecular weight excluding hydrogens is 344 g/mol. The van der Waals surface area contributed by atoms with E-state index in [1.165, 1.54) is 0 Å². The second-order valence-electron chi connectivity index (χ2n) is 5.99. The van der Waals surface area contributed by atoms with E-state index in [2.05, 4.69) is 22.4 Å². The number of ketones is 1. The van der Waals surface area contributed by atoms with Crippen molar-refractivity contribution in [1.82, 2.24) is 20.2 Å². The third kappa shape index (κ3) is 4.44. The van der Waals surface area contributed by atoms with Crippen molar-refractivity contribution >= 4 is 11.8 Å². The molecule has 0 fully saturated rings. The van der Waals surface area contributed by atoms with Gasteiger partial charge in [0.15, 0.2) is 18.2 Å². The Morgan fingerprint density at radius 2 is 1.70 bits per heavy atom. The molecule has 7 heteroatoms. The molecule has 7 nitrogen and oxygen atoms in total. The zero-order valence-electron chi connectivity index (χ0n) is 15.0. The van der Waals surface area contributed by atoms with E-state index in [1.54, 1.807) is 53.2 Å². The van der Waals surface area contributed by atoms with E-state index in [9.17, 15) is 9.59 Å². The summed E-state index contributed by atoms with van der Waals surface area (Å²) in [5.74, 6) is -0.334. The molecule has 0 saturated carbocycles. The second-order valence-corrected chi connectivity index (χ2v) is 5.99. The Labute approximate surface area is 157 Å². The minimum absolute atomic E-state index is 0.0522. The van der Waals surface area contributed by atoms with Crippen molar-refractivity contribution < 1.29 is 14.3 Å². The predicted octanol–water partition coefficient (Wildman–Crippen LogP) is 3.06. The molecule has 0 spiro atoms. The molecule has 2 aromatic carbocycles. The van der Waals surface area contributed by atoms with Gasteiger partial charge < -0.3 is 4.74 Å². The number of aryl methyl sites for hydroxylation is 1.